The number of hydrogen-bond donors (Lipinski definition) is 1. The predicted molar refractivity (Wildman–Crippen MR) is 89.2 cm³/mol. The van der Waals surface area contributed by atoms with Gasteiger partial charge in [-0.3, -0.25) is 14.9 Å². The number of rotatable bonds is 4. The van der Waals surface area contributed by atoms with E-state index >= 15 is 0 Å². The number of nitro groups is 1. The molecule has 0 saturated carbocycles. The number of nitrogens with one attached hydrogen (secondary N) is 1. The van der Waals surface area contributed by atoms with Gasteiger partial charge in [-0.1, -0.05) is 24.3 Å². The van der Waals surface area contributed by atoms with Crippen molar-refractivity contribution in [2.75, 3.05) is 7.11 Å². The van der Waals surface area contributed by atoms with Crippen molar-refractivity contribution in [3.8, 4) is 5.75 Å². The topological polar surface area (TPSA) is 81.5 Å². The molecule has 6 nitrogen and oxygen atoms in total. The summed E-state index contributed by atoms with van der Waals surface area (Å²) in [6, 6.07) is 12.2. The minimum atomic E-state index is -0.550. The van der Waals surface area contributed by atoms with Crippen LogP contribution in [0.5, 0.6) is 5.75 Å². The van der Waals surface area contributed by atoms with Gasteiger partial charge in [-0.2, -0.15) is 0 Å². The van der Waals surface area contributed by atoms with Crippen molar-refractivity contribution >= 4 is 11.6 Å². The Kier molecular flexibility index (Phi) is 4.46. The van der Waals surface area contributed by atoms with Crippen molar-refractivity contribution in [2.45, 2.75) is 25.3 Å². The zero-order valence-electron chi connectivity index (χ0n) is 13.3. The van der Waals surface area contributed by atoms with E-state index in [1.54, 1.807) is 0 Å². The highest BCUT2D eigenvalue weighted by molar-refractivity contribution is 5.95. The zero-order chi connectivity index (χ0) is 17.1. The molecule has 0 radical (unpaired) electrons. The second-order valence-electron chi connectivity index (χ2n) is 5.76. The standard InChI is InChI=1S/C18H18N2O4/c1-24-17-10-9-13(11-16(17)20(22)23)18(21)19-15-8-4-6-12-5-2-3-7-14(12)15/h2-3,5,7,9-11,15H,4,6,8H2,1H3,(H,19,21)/t15-/m0/s1. The van der Waals surface area contributed by atoms with Gasteiger partial charge in [0.25, 0.3) is 5.91 Å². The van der Waals surface area contributed by atoms with Gasteiger partial charge in [-0.05, 0) is 42.5 Å². The molecule has 0 fully saturated rings. The molecule has 0 aliphatic heterocycles. The van der Waals surface area contributed by atoms with Crippen molar-refractivity contribution in [2.24, 2.45) is 0 Å². The molecule has 3 rings (SSSR count). The summed E-state index contributed by atoms with van der Waals surface area (Å²) >= 11 is 0. The Hall–Kier alpha value is -2.89. The SMILES string of the molecule is COc1ccc(C(=O)N[C@H]2CCCc3ccccc32)cc1[N+](=O)[O-]. The van der Waals surface area contributed by atoms with Gasteiger partial charge in [0.1, 0.15) is 0 Å². The number of methoxy groups -OCH3 is 1. The number of ether oxygens (including phenoxy) is 1. The van der Waals surface area contributed by atoms with Crippen LogP contribution in [0.4, 0.5) is 5.69 Å². The zero-order valence-corrected chi connectivity index (χ0v) is 13.3. The minimum absolute atomic E-state index is 0.0661. The summed E-state index contributed by atoms with van der Waals surface area (Å²) in [5, 5.41) is 14.1. The highest BCUT2D eigenvalue weighted by atomic mass is 16.6. The molecule has 0 aromatic heterocycles. The second kappa shape index (κ2) is 6.70. The minimum Gasteiger partial charge on any atom is -0.490 e. The number of fused-ring (bicyclic) bond motifs is 1. The monoisotopic (exact) mass is 326 g/mol. The van der Waals surface area contributed by atoms with Crippen LogP contribution in [0.15, 0.2) is 42.5 Å². The molecule has 0 saturated heterocycles. The van der Waals surface area contributed by atoms with Crippen LogP contribution in [-0.2, 0) is 6.42 Å². The first-order valence-electron chi connectivity index (χ1n) is 7.81. The van der Waals surface area contributed by atoms with Crippen LogP contribution in [0.1, 0.15) is 40.4 Å². The van der Waals surface area contributed by atoms with Gasteiger partial charge < -0.3 is 10.1 Å². The van der Waals surface area contributed by atoms with Crippen molar-refractivity contribution in [1.82, 2.24) is 5.32 Å². The summed E-state index contributed by atoms with van der Waals surface area (Å²) in [6.45, 7) is 0. The number of carbonyl (C=O) groups is 1. The molecule has 0 heterocycles. The summed E-state index contributed by atoms with van der Waals surface area (Å²) in [7, 11) is 1.36. The van der Waals surface area contributed by atoms with Crippen LogP contribution in [0.25, 0.3) is 0 Å². The molecule has 124 valence electrons. The largest absolute Gasteiger partial charge is 0.490 e. The number of aryl methyl sites for hydroxylation is 1. The first-order chi connectivity index (χ1) is 11.6. The predicted octanol–water partition coefficient (Wildman–Crippen LogP) is 3.41. The molecule has 2 aromatic carbocycles. The molecule has 24 heavy (non-hydrogen) atoms. The van der Waals surface area contributed by atoms with E-state index in [0.717, 1.165) is 24.8 Å². The highest BCUT2D eigenvalue weighted by Crippen LogP contribution is 2.31. The van der Waals surface area contributed by atoms with Crippen LogP contribution >= 0.6 is 0 Å². The number of amides is 1. The van der Waals surface area contributed by atoms with E-state index in [-0.39, 0.29) is 28.9 Å². The number of hydrogen-bond acceptors (Lipinski definition) is 4. The van der Waals surface area contributed by atoms with Gasteiger partial charge in [-0.15, -0.1) is 0 Å². The third-order valence-electron chi connectivity index (χ3n) is 4.31. The van der Waals surface area contributed by atoms with Crippen LogP contribution < -0.4 is 10.1 Å². The fourth-order valence-corrected chi connectivity index (χ4v) is 3.12. The Morgan fingerprint density at radius 3 is 2.83 bits per heavy atom. The van der Waals surface area contributed by atoms with Gasteiger partial charge in [0.05, 0.1) is 18.1 Å². The van der Waals surface area contributed by atoms with Crippen molar-refractivity contribution in [1.29, 1.82) is 0 Å². The number of nitrogens with zero attached hydrogens (tertiary/aromatic N) is 1. The van der Waals surface area contributed by atoms with E-state index in [9.17, 15) is 14.9 Å². The number of nitro benzene ring substituents is 1. The Balaban J connectivity index is 1.84. The lowest BCUT2D eigenvalue weighted by atomic mass is 9.87. The smallest absolute Gasteiger partial charge is 0.311 e. The van der Waals surface area contributed by atoms with E-state index < -0.39 is 4.92 Å². The Labute approximate surface area is 139 Å². The van der Waals surface area contributed by atoms with Crippen molar-refractivity contribution in [3.63, 3.8) is 0 Å². The second-order valence-corrected chi connectivity index (χ2v) is 5.76. The van der Waals surface area contributed by atoms with E-state index in [0.29, 0.717) is 0 Å². The summed E-state index contributed by atoms with van der Waals surface area (Å²) < 4.78 is 4.96. The molecule has 1 N–H and O–H groups in total. The van der Waals surface area contributed by atoms with E-state index in [2.05, 4.69) is 11.4 Å². The quantitative estimate of drug-likeness (QED) is 0.689. The van der Waals surface area contributed by atoms with Crippen molar-refractivity contribution < 1.29 is 14.5 Å². The maximum absolute atomic E-state index is 12.5. The first kappa shape index (κ1) is 16.0. The Morgan fingerprint density at radius 1 is 1.29 bits per heavy atom. The summed E-state index contributed by atoms with van der Waals surface area (Å²) in [6.07, 6.45) is 2.88. The fraction of sp³-hybridized carbons (Fsp3) is 0.278. The lowest BCUT2D eigenvalue weighted by molar-refractivity contribution is -0.385. The lowest BCUT2D eigenvalue weighted by Gasteiger charge is -2.26. The first-order valence-corrected chi connectivity index (χ1v) is 7.81. The Bertz CT molecular complexity index is 788. The summed E-state index contributed by atoms with van der Waals surface area (Å²) in [5.41, 5.74) is 2.41. The maximum Gasteiger partial charge on any atom is 0.311 e. The van der Waals surface area contributed by atoms with Gasteiger partial charge in [0, 0.05) is 11.6 Å². The van der Waals surface area contributed by atoms with E-state index in [1.807, 2.05) is 18.2 Å². The Morgan fingerprint density at radius 2 is 2.08 bits per heavy atom. The molecular weight excluding hydrogens is 308 g/mol. The van der Waals surface area contributed by atoms with Crippen LogP contribution in [0, 0.1) is 10.1 Å². The third-order valence-corrected chi connectivity index (χ3v) is 4.31. The summed E-state index contributed by atoms with van der Waals surface area (Å²) in [4.78, 5) is 23.1. The van der Waals surface area contributed by atoms with Gasteiger partial charge in [-0.25, -0.2) is 0 Å². The summed E-state index contributed by atoms with van der Waals surface area (Å²) in [5.74, 6) is -0.179. The lowest BCUT2D eigenvalue weighted by Crippen LogP contribution is -2.31. The molecule has 0 spiro atoms. The average molecular weight is 326 g/mol. The maximum atomic E-state index is 12.5. The molecule has 1 atom stereocenters. The van der Waals surface area contributed by atoms with Crippen molar-refractivity contribution in [3.05, 3.63) is 69.3 Å². The van der Waals surface area contributed by atoms with Crippen LogP contribution in [0.3, 0.4) is 0 Å². The van der Waals surface area contributed by atoms with Gasteiger partial charge in [0.15, 0.2) is 5.75 Å². The molecule has 6 heteroatoms. The average Bonchev–Trinajstić information content (AvgIpc) is 2.61. The molecule has 2 aromatic rings. The molecular formula is C18H18N2O4. The van der Waals surface area contributed by atoms with E-state index in [4.69, 9.17) is 4.74 Å². The third kappa shape index (κ3) is 3.08. The van der Waals surface area contributed by atoms with Gasteiger partial charge >= 0.3 is 5.69 Å². The molecule has 0 bridgehead atoms. The molecule has 0 unspecified atom stereocenters. The number of benzene rings is 2. The van der Waals surface area contributed by atoms with E-state index in [1.165, 1.54) is 30.9 Å². The highest BCUT2D eigenvalue weighted by Gasteiger charge is 2.23. The normalized spacial score (nSPS) is 16.1. The molecule has 1 aliphatic carbocycles. The van der Waals surface area contributed by atoms with Crippen LogP contribution in [0.2, 0.25) is 0 Å². The van der Waals surface area contributed by atoms with Crippen LogP contribution in [-0.4, -0.2) is 17.9 Å². The molecule has 1 amide bonds. The molecule has 1 aliphatic rings. The van der Waals surface area contributed by atoms with Gasteiger partial charge in [0.2, 0.25) is 0 Å². The number of carbonyl (C=O) groups excluding carboxylic acids is 1. The fourth-order valence-electron chi connectivity index (χ4n) is 3.12.